The monoisotopic (exact) mass is 290 g/mol. The Morgan fingerprint density at radius 2 is 1.71 bits per heavy atom. The summed E-state index contributed by atoms with van der Waals surface area (Å²) in [6.07, 6.45) is 1.03. The molecule has 21 heavy (non-hydrogen) atoms. The van der Waals surface area contributed by atoms with Crippen molar-refractivity contribution in [1.82, 2.24) is 9.80 Å². The summed E-state index contributed by atoms with van der Waals surface area (Å²) >= 11 is 0. The third-order valence-corrected chi connectivity index (χ3v) is 4.78. The van der Waals surface area contributed by atoms with Gasteiger partial charge in [0, 0.05) is 44.2 Å². The van der Waals surface area contributed by atoms with E-state index in [9.17, 15) is 5.11 Å². The molecule has 1 N–H and O–H groups in total. The molecule has 0 radical (unpaired) electrons. The minimum absolute atomic E-state index is 0.185. The van der Waals surface area contributed by atoms with Crippen molar-refractivity contribution in [2.24, 2.45) is 0 Å². The van der Waals surface area contributed by atoms with Crippen LogP contribution >= 0.6 is 0 Å². The first kappa shape index (κ1) is 16.5. The lowest BCUT2D eigenvalue weighted by Crippen LogP contribution is -2.53. The maximum Gasteiger partial charge on any atom is 0.0586 e. The number of aliphatic hydroxyl groups is 1. The van der Waals surface area contributed by atoms with Crippen LogP contribution in [0.25, 0.3) is 0 Å². The van der Waals surface area contributed by atoms with Gasteiger partial charge in [0.15, 0.2) is 0 Å². The third-order valence-electron chi connectivity index (χ3n) is 4.78. The van der Waals surface area contributed by atoms with Crippen LogP contribution in [-0.2, 0) is 5.41 Å². The molecule has 0 bridgehead atoms. The van der Waals surface area contributed by atoms with Crippen LogP contribution in [0.5, 0.6) is 0 Å². The number of rotatable bonds is 6. The zero-order chi connectivity index (χ0) is 15.3. The van der Waals surface area contributed by atoms with Gasteiger partial charge in [-0.15, -0.1) is 0 Å². The topological polar surface area (TPSA) is 26.7 Å². The highest BCUT2D eigenvalue weighted by atomic mass is 16.3. The quantitative estimate of drug-likeness (QED) is 0.871. The van der Waals surface area contributed by atoms with Gasteiger partial charge < -0.3 is 5.11 Å². The predicted octanol–water partition coefficient (Wildman–Crippen LogP) is 2.35. The molecule has 0 aromatic heterocycles. The molecule has 1 fully saturated rings. The zero-order valence-corrected chi connectivity index (χ0v) is 13.8. The second-order valence-electron chi connectivity index (χ2n) is 6.81. The third kappa shape index (κ3) is 4.29. The fourth-order valence-electron chi connectivity index (χ4n) is 3.33. The molecule has 1 atom stereocenters. The van der Waals surface area contributed by atoms with E-state index in [1.807, 2.05) is 0 Å². The van der Waals surface area contributed by atoms with E-state index >= 15 is 0 Å². The van der Waals surface area contributed by atoms with E-state index in [1.54, 1.807) is 0 Å². The van der Waals surface area contributed by atoms with E-state index in [4.69, 9.17) is 0 Å². The lowest BCUT2D eigenvalue weighted by Gasteiger charge is -2.41. The van der Waals surface area contributed by atoms with E-state index in [0.29, 0.717) is 6.04 Å². The highest BCUT2D eigenvalue weighted by Gasteiger charge is 2.27. The molecular formula is C18H30N2O. The van der Waals surface area contributed by atoms with Gasteiger partial charge >= 0.3 is 0 Å². The molecular weight excluding hydrogens is 260 g/mol. The Hall–Kier alpha value is -0.900. The molecule has 1 saturated heterocycles. The molecule has 0 amide bonds. The molecule has 0 aliphatic carbocycles. The predicted molar refractivity (Wildman–Crippen MR) is 88.6 cm³/mol. The van der Waals surface area contributed by atoms with E-state index < -0.39 is 0 Å². The molecule has 0 spiro atoms. The van der Waals surface area contributed by atoms with Gasteiger partial charge in [0.2, 0.25) is 0 Å². The number of piperazine rings is 1. The van der Waals surface area contributed by atoms with Crippen LogP contribution in [0.1, 0.15) is 32.8 Å². The Morgan fingerprint density at radius 1 is 1.10 bits per heavy atom. The van der Waals surface area contributed by atoms with Crippen molar-refractivity contribution in [3.63, 3.8) is 0 Å². The lowest BCUT2D eigenvalue weighted by atomic mass is 9.84. The van der Waals surface area contributed by atoms with E-state index in [-0.39, 0.29) is 12.0 Å². The summed E-state index contributed by atoms with van der Waals surface area (Å²) < 4.78 is 0. The van der Waals surface area contributed by atoms with Gasteiger partial charge in [-0.2, -0.15) is 0 Å². The standard InChI is InChI=1S/C18H30N2O/c1-4-17(14-21)20-12-10-19(11-13-20)15-18(2,3)16-8-6-5-7-9-16/h5-9,17,21H,4,10-15H2,1-3H3. The number of hydrogen-bond acceptors (Lipinski definition) is 3. The number of nitrogens with zero attached hydrogens (tertiary/aromatic N) is 2. The largest absolute Gasteiger partial charge is 0.395 e. The molecule has 1 aliphatic rings. The Balaban J connectivity index is 1.88. The molecule has 2 rings (SSSR count). The van der Waals surface area contributed by atoms with Crippen molar-refractivity contribution in [2.75, 3.05) is 39.3 Å². The zero-order valence-electron chi connectivity index (χ0n) is 13.8. The Kier molecular flexibility index (Phi) is 5.80. The van der Waals surface area contributed by atoms with Crippen LogP contribution in [0.4, 0.5) is 0 Å². The van der Waals surface area contributed by atoms with Crippen LogP contribution in [0.3, 0.4) is 0 Å². The SMILES string of the molecule is CCC(CO)N1CCN(CC(C)(C)c2ccccc2)CC1. The maximum atomic E-state index is 9.42. The first-order valence-electron chi connectivity index (χ1n) is 8.19. The van der Waals surface area contributed by atoms with Gasteiger partial charge in [0.25, 0.3) is 0 Å². The molecule has 1 heterocycles. The Morgan fingerprint density at radius 3 is 2.24 bits per heavy atom. The molecule has 3 heteroatoms. The average molecular weight is 290 g/mol. The van der Waals surface area contributed by atoms with Crippen LogP contribution in [0.15, 0.2) is 30.3 Å². The Bertz CT molecular complexity index is 406. The highest BCUT2D eigenvalue weighted by Crippen LogP contribution is 2.24. The molecule has 118 valence electrons. The molecule has 1 aliphatic heterocycles. The summed E-state index contributed by atoms with van der Waals surface area (Å²) in [6.45, 7) is 12.6. The summed E-state index contributed by atoms with van der Waals surface area (Å²) in [5.74, 6) is 0. The van der Waals surface area contributed by atoms with E-state index in [2.05, 4.69) is 60.9 Å². The van der Waals surface area contributed by atoms with Crippen LogP contribution in [0, 0.1) is 0 Å². The van der Waals surface area contributed by atoms with Gasteiger partial charge in [-0.05, 0) is 12.0 Å². The normalized spacial score (nSPS) is 19.6. The number of hydrogen-bond donors (Lipinski definition) is 1. The highest BCUT2D eigenvalue weighted by molar-refractivity contribution is 5.23. The van der Waals surface area contributed by atoms with Crippen molar-refractivity contribution in [3.05, 3.63) is 35.9 Å². The van der Waals surface area contributed by atoms with Crippen molar-refractivity contribution in [3.8, 4) is 0 Å². The van der Waals surface area contributed by atoms with E-state index in [0.717, 1.165) is 39.1 Å². The molecule has 1 aromatic rings. The summed E-state index contributed by atoms with van der Waals surface area (Å²) in [5, 5.41) is 9.42. The number of benzene rings is 1. The van der Waals surface area contributed by atoms with Crippen LogP contribution in [0.2, 0.25) is 0 Å². The second-order valence-corrected chi connectivity index (χ2v) is 6.81. The fourth-order valence-corrected chi connectivity index (χ4v) is 3.33. The fraction of sp³-hybridized carbons (Fsp3) is 0.667. The summed E-state index contributed by atoms with van der Waals surface area (Å²) in [7, 11) is 0. The van der Waals surface area contributed by atoms with Crippen molar-refractivity contribution in [2.45, 2.75) is 38.6 Å². The van der Waals surface area contributed by atoms with Crippen molar-refractivity contribution < 1.29 is 5.11 Å². The van der Waals surface area contributed by atoms with E-state index in [1.165, 1.54) is 5.56 Å². The van der Waals surface area contributed by atoms with Gasteiger partial charge in [0.05, 0.1) is 6.61 Å². The summed E-state index contributed by atoms with van der Waals surface area (Å²) in [5.41, 5.74) is 1.60. The van der Waals surface area contributed by atoms with Gasteiger partial charge in [-0.3, -0.25) is 9.80 Å². The van der Waals surface area contributed by atoms with Crippen LogP contribution in [-0.4, -0.2) is 60.3 Å². The Labute approximate surface area is 129 Å². The maximum absolute atomic E-state index is 9.42. The number of aliphatic hydroxyl groups excluding tert-OH is 1. The minimum Gasteiger partial charge on any atom is -0.395 e. The van der Waals surface area contributed by atoms with Crippen LogP contribution < -0.4 is 0 Å². The minimum atomic E-state index is 0.185. The van der Waals surface area contributed by atoms with Crippen molar-refractivity contribution in [1.29, 1.82) is 0 Å². The molecule has 0 saturated carbocycles. The summed E-state index contributed by atoms with van der Waals surface area (Å²) in [6, 6.07) is 11.1. The van der Waals surface area contributed by atoms with Crippen molar-refractivity contribution >= 4 is 0 Å². The lowest BCUT2D eigenvalue weighted by molar-refractivity contribution is 0.0564. The molecule has 1 unspecified atom stereocenters. The molecule has 3 nitrogen and oxygen atoms in total. The van der Waals surface area contributed by atoms with Gasteiger partial charge in [0.1, 0.15) is 0 Å². The first-order valence-corrected chi connectivity index (χ1v) is 8.19. The van der Waals surface area contributed by atoms with Gasteiger partial charge in [-0.25, -0.2) is 0 Å². The average Bonchev–Trinajstić information content (AvgIpc) is 2.51. The first-order chi connectivity index (χ1) is 10.1. The molecule has 1 aromatic carbocycles. The second kappa shape index (κ2) is 7.39. The smallest absolute Gasteiger partial charge is 0.0586 e. The summed E-state index contributed by atoms with van der Waals surface area (Å²) in [4.78, 5) is 5.00. The van der Waals surface area contributed by atoms with Gasteiger partial charge in [-0.1, -0.05) is 51.1 Å².